The fraction of sp³-hybridized carbons (Fsp3) is 0.708. The molecule has 1 aromatic rings. The number of nitrogens with one attached hydrogen (secondary N) is 2. The molecule has 2 fully saturated rings. The number of hydrogen-bond donors (Lipinski definition) is 2. The first kappa shape index (κ1) is 23.5. The summed E-state index contributed by atoms with van der Waals surface area (Å²) in [5.74, 6) is 1.34. The third-order valence-electron chi connectivity index (χ3n) is 6.83. The summed E-state index contributed by atoms with van der Waals surface area (Å²) < 4.78 is 14.5. The van der Waals surface area contributed by atoms with Crippen LogP contribution in [-0.2, 0) is 6.42 Å². The molecule has 2 aliphatic rings. The Morgan fingerprint density at radius 3 is 2.57 bits per heavy atom. The van der Waals surface area contributed by atoms with Crippen molar-refractivity contribution in [2.75, 3.05) is 26.2 Å². The zero-order valence-corrected chi connectivity index (χ0v) is 19.9. The lowest BCUT2D eigenvalue weighted by Crippen LogP contribution is -2.43. The average molecular weight is 482 g/mol. The predicted molar refractivity (Wildman–Crippen MR) is 124 cm³/mol. The third kappa shape index (κ3) is 7.52. The lowest BCUT2D eigenvalue weighted by atomic mass is 9.83. The highest BCUT2D eigenvalue weighted by Gasteiger charge is 2.23. The zero-order chi connectivity index (χ0) is 21.3. The van der Waals surface area contributed by atoms with Crippen LogP contribution in [0.1, 0.15) is 63.9 Å². The van der Waals surface area contributed by atoms with E-state index in [1.54, 1.807) is 6.07 Å². The van der Waals surface area contributed by atoms with Gasteiger partial charge < -0.3 is 15.5 Å². The summed E-state index contributed by atoms with van der Waals surface area (Å²) in [4.78, 5) is 14.3. The van der Waals surface area contributed by atoms with Gasteiger partial charge in [-0.15, -0.1) is 0 Å². The van der Waals surface area contributed by atoms with Gasteiger partial charge in [-0.25, -0.2) is 9.18 Å². The van der Waals surface area contributed by atoms with Crippen LogP contribution in [0.15, 0.2) is 22.7 Å². The monoisotopic (exact) mass is 481 g/mol. The quantitative estimate of drug-likeness (QED) is 0.514. The smallest absolute Gasteiger partial charge is 0.314 e. The number of nitrogens with zero attached hydrogens (tertiary/aromatic N) is 1. The molecule has 2 amide bonds. The van der Waals surface area contributed by atoms with Gasteiger partial charge in [-0.1, -0.05) is 15.9 Å². The Morgan fingerprint density at radius 1 is 1.13 bits per heavy atom. The number of amides is 2. The Morgan fingerprint density at radius 2 is 1.87 bits per heavy atom. The Balaban J connectivity index is 1.28. The van der Waals surface area contributed by atoms with Crippen LogP contribution in [-0.4, -0.2) is 43.2 Å². The fourth-order valence-electron chi connectivity index (χ4n) is 5.02. The van der Waals surface area contributed by atoms with Gasteiger partial charge in [0.1, 0.15) is 5.82 Å². The maximum absolute atomic E-state index is 13.5. The summed E-state index contributed by atoms with van der Waals surface area (Å²) in [5.41, 5.74) is 1.10. The summed E-state index contributed by atoms with van der Waals surface area (Å²) >= 11 is 3.56. The van der Waals surface area contributed by atoms with E-state index in [0.717, 1.165) is 35.2 Å². The van der Waals surface area contributed by atoms with Crippen molar-refractivity contribution in [3.8, 4) is 0 Å². The van der Waals surface area contributed by atoms with Crippen LogP contribution in [0.4, 0.5) is 9.18 Å². The van der Waals surface area contributed by atoms with Crippen molar-refractivity contribution in [2.24, 2.45) is 11.8 Å². The Bertz CT molecular complexity index is 670. The number of halogens is 2. The molecule has 0 spiro atoms. The molecule has 1 aliphatic carbocycles. The highest BCUT2D eigenvalue weighted by atomic mass is 79.9. The van der Waals surface area contributed by atoms with Crippen LogP contribution in [0, 0.1) is 17.7 Å². The summed E-state index contributed by atoms with van der Waals surface area (Å²) in [5, 5.41) is 5.92. The van der Waals surface area contributed by atoms with Crippen LogP contribution in [0.3, 0.4) is 0 Å². The van der Waals surface area contributed by atoms with Crippen LogP contribution in [0.25, 0.3) is 0 Å². The lowest BCUT2D eigenvalue weighted by molar-refractivity contribution is 0.174. The van der Waals surface area contributed by atoms with E-state index >= 15 is 0 Å². The van der Waals surface area contributed by atoms with Gasteiger partial charge in [0.15, 0.2) is 0 Å². The standard InChI is InChI=1S/C24H37BrFN3O/c1-2-27-24(30)28-22-8-5-18(6-9-22)4-3-13-29-14-11-19(12-15-29)16-20-17-21(26)7-10-23(20)25/h7,10,17-19,22H,2-6,8-9,11-16H2,1H3,(H2,27,28,30)/t18-,22-. The van der Waals surface area contributed by atoms with E-state index < -0.39 is 0 Å². The van der Waals surface area contributed by atoms with Crippen molar-refractivity contribution in [1.82, 2.24) is 15.5 Å². The molecular formula is C24H37BrFN3O. The molecule has 1 heterocycles. The second-order valence-electron chi connectivity index (χ2n) is 9.09. The molecule has 0 aromatic heterocycles. The average Bonchev–Trinajstić information content (AvgIpc) is 2.73. The molecule has 6 heteroatoms. The topological polar surface area (TPSA) is 44.4 Å². The van der Waals surface area contributed by atoms with Gasteiger partial charge in [-0.05, 0) is 120 Å². The molecule has 1 saturated carbocycles. The van der Waals surface area contributed by atoms with Crippen molar-refractivity contribution < 1.29 is 9.18 Å². The van der Waals surface area contributed by atoms with Crippen LogP contribution in [0.5, 0.6) is 0 Å². The minimum Gasteiger partial charge on any atom is -0.338 e. The minimum atomic E-state index is -0.139. The van der Waals surface area contributed by atoms with E-state index in [9.17, 15) is 9.18 Å². The summed E-state index contributed by atoms with van der Waals surface area (Å²) in [6.07, 6.45) is 10.7. The van der Waals surface area contributed by atoms with E-state index in [0.29, 0.717) is 18.5 Å². The largest absolute Gasteiger partial charge is 0.338 e. The number of carbonyl (C=O) groups is 1. The molecule has 2 N–H and O–H groups in total. The first-order valence-corrected chi connectivity index (χ1v) is 12.5. The Labute approximate surface area is 189 Å². The molecule has 0 atom stereocenters. The summed E-state index contributed by atoms with van der Waals surface area (Å²) in [6, 6.07) is 5.35. The first-order valence-electron chi connectivity index (χ1n) is 11.7. The van der Waals surface area contributed by atoms with Crippen molar-refractivity contribution in [3.05, 3.63) is 34.1 Å². The first-order chi connectivity index (χ1) is 14.5. The van der Waals surface area contributed by atoms with Crippen LogP contribution in [0.2, 0.25) is 0 Å². The molecule has 3 rings (SSSR count). The van der Waals surface area contributed by atoms with E-state index in [-0.39, 0.29) is 11.8 Å². The molecule has 1 saturated heterocycles. The zero-order valence-electron chi connectivity index (χ0n) is 18.3. The van der Waals surface area contributed by atoms with Crippen molar-refractivity contribution in [1.29, 1.82) is 0 Å². The normalized spacial score (nSPS) is 23.3. The van der Waals surface area contributed by atoms with Gasteiger partial charge in [0.25, 0.3) is 0 Å². The highest BCUT2D eigenvalue weighted by Crippen LogP contribution is 2.29. The molecular weight excluding hydrogens is 445 g/mol. The van der Waals surface area contributed by atoms with E-state index in [2.05, 4.69) is 31.5 Å². The van der Waals surface area contributed by atoms with Crippen molar-refractivity contribution in [2.45, 2.75) is 70.8 Å². The fourth-order valence-corrected chi connectivity index (χ4v) is 5.43. The Kier molecular flexibility index (Phi) is 9.44. The molecule has 30 heavy (non-hydrogen) atoms. The maximum atomic E-state index is 13.5. The summed E-state index contributed by atoms with van der Waals surface area (Å²) in [6.45, 7) is 6.16. The molecule has 0 unspecified atom stereocenters. The van der Waals surface area contributed by atoms with Gasteiger partial charge in [-0.2, -0.15) is 0 Å². The second-order valence-corrected chi connectivity index (χ2v) is 9.94. The van der Waals surface area contributed by atoms with Crippen molar-refractivity contribution >= 4 is 22.0 Å². The number of piperidine rings is 1. The number of likely N-dealkylation sites (tertiary alicyclic amines) is 1. The lowest BCUT2D eigenvalue weighted by Gasteiger charge is -2.33. The SMILES string of the molecule is CCNC(=O)N[C@H]1CC[C@H](CCCN2CCC(Cc3cc(F)ccc3Br)CC2)CC1. The highest BCUT2D eigenvalue weighted by molar-refractivity contribution is 9.10. The van der Waals surface area contributed by atoms with Crippen molar-refractivity contribution in [3.63, 3.8) is 0 Å². The molecule has 1 aliphatic heterocycles. The molecule has 0 radical (unpaired) electrons. The predicted octanol–water partition coefficient (Wildman–Crippen LogP) is 5.50. The molecule has 4 nitrogen and oxygen atoms in total. The van der Waals surface area contributed by atoms with Gasteiger partial charge in [0.2, 0.25) is 0 Å². The van der Waals surface area contributed by atoms with E-state index in [1.165, 1.54) is 64.2 Å². The number of rotatable bonds is 8. The molecule has 1 aromatic carbocycles. The maximum Gasteiger partial charge on any atom is 0.314 e. The van der Waals surface area contributed by atoms with Crippen LogP contribution < -0.4 is 10.6 Å². The molecule has 168 valence electrons. The number of urea groups is 1. The van der Waals surface area contributed by atoms with Gasteiger partial charge >= 0.3 is 6.03 Å². The Hall–Kier alpha value is -1.14. The number of benzene rings is 1. The van der Waals surface area contributed by atoms with E-state index in [4.69, 9.17) is 0 Å². The number of hydrogen-bond acceptors (Lipinski definition) is 2. The van der Waals surface area contributed by atoms with Crippen LogP contribution >= 0.6 is 15.9 Å². The molecule has 0 bridgehead atoms. The van der Waals surface area contributed by atoms with E-state index in [1.807, 2.05) is 13.0 Å². The third-order valence-corrected chi connectivity index (χ3v) is 7.60. The van der Waals surface area contributed by atoms with Gasteiger partial charge in [0, 0.05) is 17.1 Å². The number of carbonyl (C=O) groups excluding carboxylic acids is 1. The second kappa shape index (κ2) is 12.0. The summed E-state index contributed by atoms with van der Waals surface area (Å²) in [7, 11) is 0. The minimum absolute atomic E-state index is 0.0193. The van der Waals surface area contributed by atoms with Gasteiger partial charge in [-0.3, -0.25) is 0 Å². The van der Waals surface area contributed by atoms with Gasteiger partial charge in [0.05, 0.1) is 0 Å².